The molecule has 1 heterocycles. The fourth-order valence-electron chi connectivity index (χ4n) is 3.13. The fourth-order valence-corrected chi connectivity index (χ4v) is 4.18. The molecule has 2 fully saturated rings. The highest BCUT2D eigenvalue weighted by Crippen LogP contribution is 2.27. The molecular weight excluding hydrogens is 274 g/mol. The third-order valence-corrected chi connectivity index (χ3v) is 5.66. The number of hydrogen-bond donors (Lipinski definition) is 0. The van der Waals surface area contributed by atoms with E-state index in [9.17, 15) is 9.00 Å². The number of ether oxygens (including phenoxy) is 1. The summed E-state index contributed by atoms with van der Waals surface area (Å²) < 4.78 is 17.5. The van der Waals surface area contributed by atoms with Crippen LogP contribution in [0, 0.1) is 5.92 Å². The van der Waals surface area contributed by atoms with E-state index in [1.807, 2.05) is 11.8 Å². The summed E-state index contributed by atoms with van der Waals surface area (Å²) in [6.45, 7) is 5.51. The van der Waals surface area contributed by atoms with Crippen molar-refractivity contribution in [3.63, 3.8) is 0 Å². The van der Waals surface area contributed by atoms with Gasteiger partial charge in [0, 0.05) is 35.4 Å². The Bertz CT molecular complexity index is 351. The smallest absolute Gasteiger partial charge is 0.251 e. The molecule has 2 rings (SSSR count). The maximum absolute atomic E-state index is 12.5. The van der Waals surface area contributed by atoms with E-state index in [1.54, 1.807) is 0 Å². The normalized spacial score (nSPS) is 30.2. The van der Waals surface area contributed by atoms with E-state index >= 15 is 0 Å². The molecule has 20 heavy (non-hydrogen) atoms. The van der Waals surface area contributed by atoms with E-state index in [-0.39, 0.29) is 18.1 Å². The zero-order chi connectivity index (χ0) is 14.5. The molecule has 1 saturated heterocycles. The van der Waals surface area contributed by atoms with Crippen LogP contribution in [-0.4, -0.2) is 51.8 Å². The molecule has 3 atom stereocenters. The summed E-state index contributed by atoms with van der Waals surface area (Å²) in [5.41, 5.74) is 0. The first-order valence-corrected chi connectivity index (χ1v) is 9.38. The van der Waals surface area contributed by atoms with Crippen LogP contribution in [0.4, 0.5) is 0 Å². The zero-order valence-electron chi connectivity index (χ0n) is 12.7. The highest BCUT2D eigenvalue weighted by Gasteiger charge is 2.30. The van der Waals surface area contributed by atoms with Crippen molar-refractivity contribution in [3.8, 4) is 0 Å². The molecule has 0 bridgehead atoms. The minimum Gasteiger partial charge on any atom is -0.365 e. The summed E-state index contributed by atoms with van der Waals surface area (Å²) in [5.74, 6) is 2.03. The van der Waals surface area contributed by atoms with Crippen molar-refractivity contribution in [2.45, 2.75) is 58.2 Å². The van der Waals surface area contributed by atoms with Gasteiger partial charge >= 0.3 is 0 Å². The van der Waals surface area contributed by atoms with Gasteiger partial charge in [-0.05, 0) is 25.2 Å². The summed E-state index contributed by atoms with van der Waals surface area (Å²) in [7, 11) is -0.738. The van der Waals surface area contributed by atoms with E-state index in [1.165, 1.54) is 12.8 Å². The lowest BCUT2D eigenvalue weighted by molar-refractivity contribution is -0.149. The predicted octanol–water partition coefficient (Wildman–Crippen LogP) is 1.95. The van der Waals surface area contributed by atoms with Gasteiger partial charge in [-0.25, -0.2) is 0 Å². The van der Waals surface area contributed by atoms with Crippen molar-refractivity contribution in [2.75, 3.05) is 24.6 Å². The van der Waals surface area contributed by atoms with Crippen molar-refractivity contribution in [1.29, 1.82) is 0 Å². The van der Waals surface area contributed by atoms with Crippen LogP contribution in [0.3, 0.4) is 0 Å². The first-order chi connectivity index (χ1) is 9.60. The molecule has 5 heteroatoms. The number of carbonyl (C=O) groups is 1. The predicted molar refractivity (Wildman–Crippen MR) is 81.0 cm³/mol. The van der Waals surface area contributed by atoms with Gasteiger partial charge in [0.2, 0.25) is 0 Å². The lowest BCUT2D eigenvalue weighted by atomic mass is 9.88. The van der Waals surface area contributed by atoms with E-state index in [2.05, 4.69) is 6.92 Å². The summed E-state index contributed by atoms with van der Waals surface area (Å²) in [6, 6.07) is 0. The Morgan fingerprint density at radius 1 is 1.35 bits per heavy atom. The Labute approximate surface area is 124 Å². The molecule has 0 aromatic carbocycles. The van der Waals surface area contributed by atoms with Crippen LogP contribution in [0.2, 0.25) is 0 Å². The van der Waals surface area contributed by atoms with Crippen molar-refractivity contribution in [2.24, 2.45) is 5.92 Å². The number of hydrogen-bond acceptors (Lipinski definition) is 3. The molecule has 1 amide bonds. The maximum atomic E-state index is 12.5. The molecule has 0 aromatic rings. The Balaban J connectivity index is 1.86. The van der Waals surface area contributed by atoms with Crippen LogP contribution in [0.25, 0.3) is 0 Å². The highest BCUT2D eigenvalue weighted by molar-refractivity contribution is 7.85. The molecule has 1 aliphatic carbocycles. The number of amides is 1. The monoisotopic (exact) mass is 301 g/mol. The second kappa shape index (κ2) is 7.55. The number of rotatable bonds is 4. The molecule has 0 unspecified atom stereocenters. The summed E-state index contributed by atoms with van der Waals surface area (Å²) in [4.78, 5) is 14.3. The van der Waals surface area contributed by atoms with Gasteiger partial charge in [0.05, 0.1) is 6.10 Å². The van der Waals surface area contributed by atoms with Crippen molar-refractivity contribution < 1.29 is 13.7 Å². The minimum atomic E-state index is -0.738. The van der Waals surface area contributed by atoms with Crippen LogP contribution in [0.5, 0.6) is 0 Å². The van der Waals surface area contributed by atoms with Gasteiger partial charge < -0.3 is 9.64 Å². The topological polar surface area (TPSA) is 46.6 Å². The van der Waals surface area contributed by atoms with E-state index in [4.69, 9.17) is 4.74 Å². The van der Waals surface area contributed by atoms with Gasteiger partial charge in [0.25, 0.3) is 5.91 Å². The molecular formula is C15H27NO3S. The summed E-state index contributed by atoms with van der Waals surface area (Å²) in [5, 5.41) is 0. The van der Waals surface area contributed by atoms with Crippen molar-refractivity contribution in [1.82, 2.24) is 4.90 Å². The Kier molecular flexibility index (Phi) is 6.02. The standard InChI is InChI=1S/C15H27NO3S/c1-3-14(19-13-6-4-5-12(2)11-13)15(17)16-7-9-20(18)10-8-16/h12-14H,3-11H2,1-2H3/t12-,13-,14+/m1/s1. The lowest BCUT2D eigenvalue weighted by Gasteiger charge is -2.33. The molecule has 0 spiro atoms. The van der Waals surface area contributed by atoms with Crippen LogP contribution in [-0.2, 0) is 20.3 Å². The average molecular weight is 301 g/mol. The van der Waals surface area contributed by atoms with Crippen molar-refractivity contribution in [3.05, 3.63) is 0 Å². The van der Waals surface area contributed by atoms with E-state index in [0.29, 0.717) is 30.5 Å². The van der Waals surface area contributed by atoms with Crippen LogP contribution >= 0.6 is 0 Å². The third-order valence-electron chi connectivity index (χ3n) is 4.38. The average Bonchev–Trinajstić information content (AvgIpc) is 2.45. The van der Waals surface area contributed by atoms with Crippen LogP contribution in [0.15, 0.2) is 0 Å². The van der Waals surface area contributed by atoms with Gasteiger partial charge in [-0.2, -0.15) is 0 Å². The minimum absolute atomic E-state index is 0.0995. The maximum Gasteiger partial charge on any atom is 0.251 e. The van der Waals surface area contributed by atoms with Crippen LogP contribution < -0.4 is 0 Å². The van der Waals surface area contributed by atoms with E-state index < -0.39 is 10.8 Å². The molecule has 0 N–H and O–H groups in total. The van der Waals surface area contributed by atoms with E-state index in [0.717, 1.165) is 19.3 Å². The summed E-state index contributed by atoms with van der Waals surface area (Å²) >= 11 is 0. The quantitative estimate of drug-likeness (QED) is 0.797. The third kappa shape index (κ3) is 4.29. The Hall–Kier alpha value is -0.420. The van der Waals surface area contributed by atoms with Gasteiger partial charge in [-0.1, -0.05) is 26.7 Å². The zero-order valence-corrected chi connectivity index (χ0v) is 13.5. The molecule has 1 saturated carbocycles. The molecule has 0 aromatic heterocycles. The van der Waals surface area contributed by atoms with Crippen molar-refractivity contribution >= 4 is 16.7 Å². The second-order valence-corrected chi connectivity index (χ2v) is 7.80. The van der Waals surface area contributed by atoms with Gasteiger partial charge in [0.1, 0.15) is 6.10 Å². The number of carbonyl (C=O) groups excluding carboxylic acids is 1. The largest absolute Gasteiger partial charge is 0.365 e. The molecule has 116 valence electrons. The molecule has 1 aliphatic heterocycles. The first kappa shape index (κ1) is 16.0. The number of nitrogens with zero attached hydrogens (tertiary/aromatic N) is 1. The Morgan fingerprint density at radius 2 is 2.05 bits per heavy atom. The molecule has 2 aliphatic rings. The van der Waals surface area contributed by atoms with Gasteiger partial charge in [-0.3, -0.25) is 9.00 Å². The summed E-state index contributed by atoms with van der Waals surface area (Å²) in [6.07, 6.45) is 5.31. The lowest BCUT2D eigenvalue weighted by Crippen LogP contribution is -2.48. The molecule has 4 nitrogen and oxygen atoms in total. The molecule has 0 radical (unpaired) electrons. The Morgan fingerprint density at radius 3 is 2.65 bits per heavy atom. The van der Waals surface area contributed by atoms with Gasteiger partial charge in [-0.15, -0.1) is 0 Å². The first-order valence-electron chi connectivity index (χ1n) is 7.89. The SMILES string of the molecule is CC[C@H](O[C@@H]1CCC[C@@H](C)C1)C(=O)N1CCS(=O)CC1. The van der Waals surface area contributed by atoms with Gasteiger partial charge in [0.15, 0.2) is 0 Å². The van der Waals surface area contributed by atoms with Crippen LogP contribution in [0.1, 0.15) is 46.0 Å². The fraction of sp³-hybridized carbons (Fsp3) is 0.933. The highest BCUT2D eigenvalue weighted by atomic mass is 32.2. The second-order valence-electron chi connectivity index (χ2n) is 6.10.